The van der Waals surface area contributed by atoms with Crippen LogP contribution < -0.4 is 10.2 Å². The van der Waals surface area contributed by atoms with Gasteiger partial charge in [-0.15, -0.1) is 0 Å². The van der Waals surface area contributed by atoms with Gasteiger partial charge in [0.25, 0.3) is 0 Å². The minimum Gasteiger partial charge on any atom is -0.323 e. The van der Waals surface area contributed by atoms with Crippen LogP contribution in [0, 0.1) is 17.6 Å². The molecule has 32 heavy (non-hydrogen) atoms. The number of carbonyl (C=O) groups excluding carboxylic acids is 1. The number of aromatic nitrogens is 1. The van der Waals surface area contributed by atoms with Crippen molar-refractivity contribution in [2.45, 2.75) is 31.2 Å². The van der Waals surface area contributed by atoms with E-state index in [1.165, 1.54) is 16.4 Å². The van der Waals surface area contributed by atoms with E-state index < -0.39 is 33.5 Å². The van der Waals surface area contributed by atoms with E-state index in [0.717, 1.165) is 23.5 Å². The van der Waals surface area contributed by atoms with E-state index in [9.17, 15) is 26.8 Å². The second-order valence-electron chi connectivity index (χ2n) is 7.53. The topological polar surface area (TPSA) is 88.5 Å². The number of fused-ring (bicyclic) bond motifs is 1. The van der Waals surface area contributed by atoms with Crippen LogP contribution in [0.25, 0.3) is 10.2 Å². The first-order valence-electron chi connectivity index (χ1n) is 10.1. The van der Waals surface area contributed by atoms with Crippen LogP contribution in [0.1, 0.15) is 19.8 Å². The lowest BCUT2D eigenvalue weighted by Crippen LogP contribution is -2.41. The lowest BCUT2D eigenvalue weighted by Gasteiger charge is -2.30. The van der Waals surface area contributed by atoms with E-state index in [4.69, 9.17) is 0 Å². The Morgan fingerprint density at radius 2 is 1.88 bits per heavy atom. The molecule has 1 N–H and O–H groups in total. The summed E-state index contributed by atoms with van der Waals surface area (Å²) in [6.45, 7) is 2.62. The molecule has 1 aliphatic heterocycles. The number of nitrogens with zero attached hydrogens (tertiary/aromatic N) is 2. The van der Waals surface area contributed by atoms with Gasteiger partial charge in [-0.3, -0.25) is 14.2 Å². The van der Waals surface area contributed by atoms with Crippen molar-refractivity contribution in [3.63, 3.8) is 0 Å². The summed E-state index contributed by atoms with van der Waals surface area (Å²) < 4.78 is 56.5. The Morgan fingerprint density at radius 1 is 1.16 bits per heavy atom. The fourth-order valence-corrected chi connectivity index (χ4v) is 6.41. The molecule has 7 nitrogen and oxygen atoms in total. The van der Waals surface area contributed by atoms with Gasteiger partial charge in [0.15, 0.2) is 0 Å². The van der Waals surface area contributed by atoms with Crippen molar-refractivity contribution < 1.29 is 22.0 Å². The predicted octanol–water partition coefficient (Wildman–Crippen LogP) is 3.40. The van der Waals surface area contributed by atoms with E-state index in [-0.39, 0.29) is 41.4 Å². The molecule has 1 aliphatic rings. The largest absolute Gasteiger partial charge is 0.323 e. The molecule has 2 heterocycles. The molecule has 0 spiro atoms. The summed E-state index contributed by atoms with van der Waals surface area (Å²) in [6, 6.07) is 7.54. The molecule has 1 fully saturated rings. The SMILES string of the molecule is CCn1c(=O)sc2cc(S(=O)(=O)N3CCC(C(=O)Nc4ccc(F)cc4F)CC3)ccc21. The number of halogens is 2. The smallest absolute Gasteiger partial charge is 0.308 e. The monoisotopic (exact) mass is 481 g/mol. The van der Waals surface area contributed by atoms with Crippen molar-refractivity contribution >= 4 is 43.2 Å². The first kappa shape index (κ1) is 22.6. The van der Waals surface area contributed by atoms with E-state index >= 15 is 0 Å². The predicted molar refractivity (Wildman–Crippen MR) is 118 cm³/mol. The third-order valence-electron chi connectivity index (χ3n) is 5.61. The van der Waals surface area contributed by atoms with Crippen LogP contribution in [0.3, 0.4) is 0 Å². The second-order valence-corrected chi connectivity index (χ2v) is 10.5. The van der Waals surface area contributed by atoms with Crippen molar-refractivity contribution in [2.24, 2.45) is 5.92 Å². The Morgan fingerprint density at radius 3 is 2.53 bits per heavy atom. The van der Waals surface area contributed by atoms with Crippen LogP contribution in [-0.4, -0.2) is 36.3 Å². The number of hydrogen-bond acceptors (Lipinski definition) is 5. The summed E-state index contributed by atoms with van der Waals surface area (Å²) in [5.74, 6) is -2.53. The molecule has 2 aromatic carbocycles. The highest BCUT2D eigenvalue weighted by atomic mass is 32.2. The number of anilines is 1. The lowest BCUT2D eigenvalue weighted by molar-refractivity contribution is -0.120. The molecule has 3 aromatic rings. The van der Waals surface area contributed by atoms with Crippen LogP contribution in [0.4, 0.5) is 14.5 Å². The minimum atomic E-state index is -3.79. The minimum absolute atomic E-state index is 0.103. The van der Waals surface area contributed by atoms with Gasteiger partial charge in [0.1, 0.15) is 11.6 Å². The van der Waals surface area contributed by atoms with Crippen LogP contribution in [0.2, 0.25) is 0 Å². The van der Waals surface area contributed by atoms with Gasteiger partial charge in [-0.2, -0.15) is 4.31 Å². The quantitative estimate of drug-likeness (QED) is 0.605. The fraction of sp³-hybridized carbons (Fsp3) is 0.333. The van der Waals surface area contributed by atoms with Gasteiger partial charge >= 0.3 is 4.87 Å². The number of amides is 1. The number of rotatable bonds is 5. The molecule has 1 amide bonds. The van der Waals surface area contributed by atoms with E-state index in [1.807, 2.05) is 6.92 Å². The van der Waals surface area contributed by atoms with Crippen molar-refractivity contribution in [1.82, 2.24) is 8.87 Å². The molecular weight excluding hydrogens is 460 g/mol. The molecule has 0 radical (unpaired) electrons. The first-order valence-corrected chi connectivity index (χ1v) is 12.4. The van der Waals surface area contributed by atoms with Gasteiger partial charge < -0.3 is 5.32 Å². The summed E-state index contributed by atoms with van der Waals surface area (Å²) in [5.41, 5.74) is 0.586. The Balaban J connectivity index is 1.45. The third-order valence-corrected chi connectivity index (χ3v) is 8.44. The molecule has 1 saturated heterocycles. The van der Waals surface area contributed by atoms with Crippen molar-refractivity contribution in [1.29, 1.82) is 0 Å². The highest BCUT2D eigenvalue weighted by molar-refractivity contribution is 7.89. The summed E-state index contributed by atoms with van der Waals surface area (Å²) in [7, 11) is -3.79. The van der Waals surface area contributed by atoms with Crippen molar-refractivity contribution in [3.05, 3.63) is 57.7 Å². The summed E-state index contributed by atoms with van der Waals surface area (Å²) in [4.78, 5) is 24.5. The number of piperidine rings is 1. The van der Waals surface area contributed by atoms with Gasteiger partial charge in [0, 0.05) is 31.6 Å². The number of sulfonamides is 1. The van der Waals surface area contributed by atoms with Crippen molar-refractivity contribution in [2.75, 3.05) is 18.4 Å². The number of carbonyl (C=O) groups is 1. The number of hydrogen-bond donors (Lipinski definition) is 1. The molecule has 1 aromatic heterocycles. The third kappa shape index (κ3) is 4.19. The van der Waals surface area contributed by atoms with Gasteiger partial charge in [-0.05, 0) is 50.1 Å². The molecule has 0 aliphatic carbocycles. The zero-order valence-corrected chi connectivity index (χ0v) is 18.8. The molecule has 0 bridgehead atoms. The molecule has 4 rings (SSSR count). The number of thiazole rings is 1. The average Bonchev–Trinajstić information content (AvgIpc) is 3.09. The van der Waals surface area contributed by atoms with Gasteiger partial charge in [0.05, 0.1) is 20.8 Å². The zero-order chi connectivity index (χ0) is 23.0. The van der Waals surface area contributed by atoms with E-state index in [1.54, 1.807) is 10.6 Å². The number of nitrogens with one attached hydrogen (secondary N) is 1. The first-order chi connectivity index (χ1) is 15.2. The van der Waals surface area contributed by atoms with Crippen LogP contribution >= 0.6 is 11.3 Å². The Kier molecular flexibility index (Phi) is 6.15. The van der Waals surface area contributed by atoms with Gasteiger partial charge in [-0.1, -0.05) is 11.3 Å². The second kappa shape index (κ2) is 8.72. The maximum absolute atomic E-state index is 13.8. The van der Waals surface area contributed by atoms with Crippen LogP contribution in [0.5, 0.6) is 0 Å². The molecule has 0 atom stereocenters. The number of aryl methyl sites for hydroxylation is 1. The molecule has 0 unspecified atom stereocenters. The van der Waals surface area contributed by atoms with E-state index in [0.29, 0.717) is 22.8 Å². The maximum atomic E-state index is 13.8. The van der Waals surface area contributed by atoms with E-state index in [2.05, 4.69) is 5.32 Å². The fourth-order valence-electron chi connectivity index (χ4n) is 3.84. The summed E-state index contributed by atoms with van der Waals surface area (Å²) in [5, 5.41) is 2.45. The normalized spacial score (nSPS) is 15.8. The Bertz CT molecular complexity index is 1340. The van der Waals surface area contributed by atoms with Gasteiger partial charge in [-0.25, -0.2) is 17.2 Å². The lowest BCUT2D eigenvalue weighted by atomic mass is 9.97. The maximum Gasteiger partial charge on any atom is 0.308 e. The van der Waals surface area contributed by atoms with Gasteiger partial charge in [0.2, 0.25) is 15.9 Å². The van der Waals surface area contributed by atoms with Crippen LogP contribution in [-0.2, 0) is 21.4 Å². The average molecular weight is 482 g/mol. The standard InChI is InChI=1S/C21H21F2N3O4S2/c1-2-26-18-6-4-15(12-19(18)31-21(26)28)32(29,30)25-9-7-13(8-10-25)20(27)24-17-5-3-14(22)11-16(17)23/h3-6,11-13H,2,7-10H2,1H3,(H,24,27). The highest BCUT2D eigenvalue weighted by Gasteiger charge is 2.32. The Labute approximate surface area is 187 Å². The van der Waals surface area contributed by atoms with Crippen LogP contribution in [0.15, 0.2) is 46.1 Å². The molecule has 11 heteroatoms. The Hall–Kier alpha value is -2.63. The zero-order valence-electron chi connectivity index (χ0n) is 17.2. The highest BCUT2D eigenvalue weighted by Crippen LogP contribution is 2.28. The summed E-state index contributed by atoms with van der Waals surface area (Å²) >= 11 is 1.00. The van der Waals surface area contributed by atoms with Crippen molar-refractivity contribution in [3.8, 4) is 0 Å². The molecule has 0 saturated carbocycles. The molecular formula is C21H21F2N3O4S2. The number of benzene rings is 2. The summed E-state index contributed by atoms with van der Waals surface area (Å²) in [6.07, 6.45) is 0.547. The molecule has 170 valence electrons.